The number of hydrogen-bond acceptors (Lipinski definition) is 7. The van der Waals surface area contributed by atoms with E-state index in [9.17, 15) is 26.7 Å². The first-order valence-electron chi connectivity index (χ1n) is 9.13. The molecule has 3 unspecified atom stereocenters. The van der Waals surface area contributed by atoms with Gasteiger partial charge in [-0.15, -0.1) is 0 Å². The number of methoxy groups -OCH3 is 1. The summed E-state index contributed by atoms with van der Waals surface area (Å²) in [6, 6.07) is 2.10. The smallest absolute Gasteiger partial charge is 0.414 e. The fraction of sp³-hybridized carbons (Fsp3) is 0.421. The van der Waals surface area contributed by atoms with Gasteiger partial charge in [-0.1, -0.05) is 6.07 Å². The SMILES string of the molecule is COc1c(C2COC(C(F)(F)F)C2)ccc(F)c1F.O=CNc1cnc(C(O)CO)nc1. The Kier molecular flexibility index (Phi) is 8.80. The minimum atomic E-state index is -4.46. The van der Waals surface area contributed by atoms with Crippen LogP contribution in [0.1, 0.15) is 29.8 Å². The van der Waals surface area contributed by atoms with Crippen LogP contribution in [0.15, 0.2) is 24.5 Å². The topological polar surface area (TPSA) is 114 Å². The van der Waals surface area contributed by atoms with Gasteiger partial charge in [0.25, 0.3) is 0 Å². The number of halogens is 5. The van der Waals surface area contributed by atoms with Crippen LogP contribution in [0, 0.1) is 11.6 Å². The molecule has 176 valence electrons. The highest BCUT2D eigenvalue weighted by Crippen LogP contribution is 2.41. The van der Waals surface area contributed by atoms with Gasteiger partial charge in [0, 0.05) is 11.5 Å². The summed E-state index contributed by atoms with van der Waals surface area (Å²) in [5, 5.41) is 20.0. The number of carbonyl (C=O) groups excluding carboxylic acids is 1. The molecule has 13 heteroatoms. The standard InChI is InChI=1S/C12H11F5O2.C7H9N3O3/c1-18-11-7(2-3-8(13)10(11)14)6-4-9(19-5-6)12(15,16)17;11-3-6(13)7-8-1-5(2-9-7)10-4-12/h2-3,6,9H,4-5H2,1H3;1-2,4,6,11,13H,3H2,(H,10,12). The molecule has 1 aromatic carbocycles. The molecule has 3 rings (SSSR count). The van der Waals surface area contributed by atoms with Gasteiger partial charge in [0.2, 0.25) is 12.2 Å². The first-order valence-corrected chi connectivity index (χ1v) is 9.13. The number of nitrogens with one attached hydrogen (secondary N) is 1. The van der Waals surface area contributed by atoms with Crippen molar-refractivity contribution in [1.29, 1.82) is 0 Å². The summed E-state index contributed by atoms with van der Waals surface area (Å²) >= 11 is 0. The summed E-state index contributed by atoms with van der Waals surface area (Å²) < 4.78 is 73.4. The molecule has 2 aromatic rings. The lowest BCUT2D eigenvalue weighted by Crippen LogP contribution is -2.27. The quantitative estimate of drug-likeness (QED) is 0.444. The van der Waals surface area contributed by atoms with Crippen LogP contribution in [0.3, 0.4) is 0 Å². The van der Waals surface area contributed by atoms with Gasteiger partial charge in [0.15, 0.2) is 23.5 Å². The Morgan fingerprint density at radius 1 is 1.31 bits per heavy atom. The lowest BCUT2D eigenvalue weighted by molar-refractivity contribution is -0.206. The Labute approximate surface area is 179 Å². The van der Waals surface area contributed by atoms with Crippen LogP contribution in [0.4, 0.5) is 27.6 Å². The first kappa shape index (κ1) is 25.4. The zero-order valence-electron chi connectivity index (χ0n) is 16.6. The van der Waals surface area contributed by atoms with Crippen molar-refractivity contribution in [3.8, 4) is 5.75 Å². The van der Waals surface area contributed by atoms with E-state index >= 15 is 0 Å². The van der Waals surface area contributed by atoms with E-state index in [2.05, 4.69) is 20.0 Å². The van der Waals surface area contributed by atoms with Crippen LogP contribution < -0.4 is 10.1 Å². The Hall–Kier alpha value is -2.90. The third-order valence-corrected chi connectivity index (χ3v) is 4.46. The molecule has 1 aliphatic rings. The first-order chi connectivity index (χ1) is 15.1. The van der Waals surface area contributed by atoms with Crippen molar-refractivity contribution in [3.63, 3.8) is 0 Å². The van der Waals surface area contributed by atoms with E-state index in [-0.39, 0.29) is 30.2 Å². The number of ether oxygens (including phenoxy) is 2. The summed E-state index contributed by atoms with van der Waals surface area (Å²) in [5.41, 5.74) is 0.622. The monoisotopic (exact) mass is 465 g/mol. The summed E-state index contributed by atoms with van der Waals surface area (Å²) in [4.78, 5) is 17.4. The van der Waals surface area contributed by atoms with E-state index in [0.717, 1.165) is 13.2 Å². The van der Waals surface area contributed by atoms with E-state index in [1.165, 1.54) is 18.5 Å². The van der Waals surface area contributed by atoms with Crippen molar-refractivity contribution < 1.29 is 46.4 Å². The molecule has 2 heterocycles. The zero-order valence-corrected chi connectivity index (χ0v) is 16.6. The van der Waals surface area contributed by atoms with Crippen LogP contribution in [-0.2, 0) is 9.53 Å². The summed E-state index contributed by atoms with van der Waals surface area (Å²) in [5.74, 6) is -3.21. The number of carbonyl (C=O) groups is 1. The van der Waals surface area contributed by atoms with Crippen LogP contribution in [0.25, 0.3) is 0 Å². The Morgan fingerprint density at radius 2 is 1.97 bits per heavy atom. The summed E-state index contributed by atoms with van der Waals surface area (Å²) in [6.07, 6.45) is -4.56. The maximum absolute atomic E-state index is 13.5. The number of hydrogen-bond donors (Lipinski definition) is 3. The molecular weight excluding hydrogens is 445 g/mol. The highest BCUT2D eigenvalue weighted by atomic mass is 19.4. The molecule has 32 heavy (non-hydrogen) atoms. The zero-order chi connectivity index (χ0) is 23.9. The van der Waals surface area contributed by atoms with E-state index in [1.54, 1.807) is 0 Å². The summed E-state index contributed by atoms with van der Waals surface area (Å²) in [6.45, 7) is -0.633. The number of nitrogens with zero attached hydrogens (tertiary/aromatic N) is 2. The maximum Gasteiger partial charge on any atom is 0.414 e. The Balaban J connectivity index is 0.000000244. The molecule has 0 aliphatic carbocycles. The second-order valence-electron chi connectivity index (χ2n) is 6.57. The molecule has 1 amide bonds. The van der Waals surface area contributed by atoms with Gasteiger partial charge in [-0.3, -0.25) is 4.79 Å². The molecule has 0 radical (unpaired) electrons. The molecule has 3 atom stereocenters. The highest BCUT2D eigenvalue weighted by molar-refractivity contribution is 5.69. The predicted octanol–water partition coefficient (Wildman–Crippen LogP) is 2.48. The maximum atomic E-state index is 13.5. The van der Waals surface area contributed by atoms with Crippen molar-refractivity contribution in [3.05, 3.63) is 47.5 Å². The number of anilines is 1. The van der Waals surface area contributed by atoms with Crippen molar-refractivity contribution in [2.45, 2.75) is 30.7 Å². The van der Waals surface area contributed by atoms with Gasteiger partial charge in [-0.2, -0.15) is 17.6 Å². The van der Waals surface area contributed by atoms with Crippen LogP contribution in [0.5, 0.6) is 5.75 Å². The Bertz CT molecular complexity index is 898. The van der Waals surface area contributed by atoms with Gasteiger partial charge in [-0.25, -0.2) is 14.4 Å². The molecule has 1 saturated heterocycles. The molecule has 0 saturated carbocycles. The number of amides is 1. The van der Waals surface area contributed by atoms with E-state index in [0.29, 0.717) is 12.1 Å². The number of aliphatic hydroxyl groups is 2. The van der Waals surface area contributed by atoms with Crippen LogP contribution in [-0.4, -0.2) is 59.2 Å². The van der Waals surface area contributed by atoms with Crippen LogP contribution in [0.2, 0.25) is 0 Å². The van der Waals surface area contributed by atoms with Crippen molar-refractivity contribution in [2.75, 3.05) is 25.6 Å². The second-order valence-corrected chi connectivity index (χ2v) is 6.57. The van der Waals surface area contributed by atoms with Crippen molar-refractivity contribution in [1.82, 2.24) is 9.97 Å². The van der Waals surface area contributed by atoms with Crippen molar-refractivity contribution >= 4 is 12.1 Å². The minimum Gasteiger partial charge on any atom is -0.493 e. The van der Waals surface area contributed by atoms with Gasteiger partial charge >= 0.3 is 6.18 Å². The number of benzene rings is 1. The molecule has 1 aromatic heterocycles. The summed E-state index contributed by atoms with van der Waals surface area (Å²) in [7, 11) is 1.14. The third-order valence-electron chi connectivity index (χ3n) is 4.46. The van der Waals surface area contributed by atoms with Gasteiger partial charge in [0.05, 0.1) is 38.4 Å². The van der Waals surface area contributed by atoms with Crippen molar-refractivity contribution in [2.24, 2.45) is 0 Å². The predicted molar refractivity (Wildman–Crippen MR) is 99.8 cm³/mol. The minimum absolute atomic E-state index is 0.124. The largest absolute Gasteiger partial charge is 0.493 e. The lowest BCUT2D eigenvalue weighted by atomic mass is 9.95. The van der Waals surface area contributed by atoms with Gasteiger partial charge in [0.1, 0.15) is 6.10 Å². The molecule has 0 spiro atoms. The Morgan fingerprint density at radius 3 is 2.47 bits per heavy atom. The van der Waals surface area contributed by atoms with E-state index in [1.807, 2.05) is 0 Å². The van der Waals surface area contributed by atoms with Gasteiger partial charge in [-0.05, 0) is 12.5 Å². The molecule has 1 aliphatic heterocycles. The van der Waals surface area contributed by atoms with Crippen LogP contribution >= 0.6 is 0 Å². The lowest BCUT2D eigenvalue weighted by Gasteiger charge is -2.15. The molecule has 8 nitrogen and oxygen atoms in total. The number of rotatable bonds is 6. The van der Waals surface area contributed by atoms with E-state index < -0.39 is 42.5 Å². The van der Waals surface area contributed by atoms with E-state index in [4.69, 9.17) is 14.9 Å². The molecule has 0 bridgehead atoms. The number of alkyl halides is 3. The normalized spacial score (nSPS) is 19.0. The van der Waals surface area contributed by atoms with Gasteiger partial charge < -0.3 is 25.0 Å². The molecule has 3 N–H and O–H groups in total. The third kappa shape index (κ3) is 6.31. The highest BCUT2D eigenvalue weighted by Gasteiger charge is 2.46. The second kappa shape index (κ2) is 11.1. The average molecular weight is 465 g/mol. The average Bonchev–Trinajstić information content (AvgIpc) is 3.27. The molecule has 1 fully saturated rings. The fourth-order valence-electron chi connectivity index (χ4n) is 2.88. The number of aromatic nitrogens is 2. The molecular formula is C19H20F5N3O5. The fourth-order valence-corrected chi connectivity index (χ4v) is 2.88. The number of aliphatic hydroxyl groups excluding tert-OH is 2.